The molecule has 0 heterocycles. The Hall–Kier alpha value is -2.75. The van der Waals surface area contributed by atoms with E-state index >= 15 is 0 Å². The van der Waals surface area contributed by atoms with Crippen LogP contribution in [0.2, 0.25) is 0 Å². The normalized spacial score (nSPS) is 10.7. The lowest BCUT2D eigenvalue weighted by Gasteiger charge is -2.09. The lowest BCUT2D eigenvalue weighted by atomic mass is 10.1. The number of aryl methyl sites for hydroxylation is 2. The maximum Gasteiger partial charge on any atom is 0.160 e. The van der Waals surface area contributed by atoms with E-state index in [2.05, 4.69) is 0 Å². The number of carbonyl (C=O) groups excluding carboxylic acids is 1. The van der Waals surface area contributed by atoms with Crippen LogP contribution in [0.25, 0.3) is 0 Å². The van der Waals surface area contributed by atoms with E-state index in [-0.39, 0.29) is 5.78 Å². The molecular formula is C22H26O4. The minimum Gasteiger partial charge on any atom is -0.497 e. The van der Waals surface area contributed by atoms with Crippen LogP contribution < -0.4 is 14.2 Å². The van der Waals surface area contributed by atoms with Crippen molar-refractivity contribution in [3.8, 4) is 17.2 Å². The molecule has 2 aromatic carbocycles. The smallest absolute Gasteiger partial charge is 0.160 e. The number of methoxy groups -OCH3 is 3. The largest absolute Gasteiger partial charge is 0.497 e. The second-order valence-corrected chi connectivity index (χ2v) is 5.94. The minimum absolute atomic E-state index is 0.134. The zero-order valence-electron chi connectivity index (χ0n) is 15.7. The maximum absolute atomic E-state index is 12.0. The topological polar surface area (TPSA) is 44.8 Å². The van der Waals surface area contributed by atoms with Crippen molar-refractivity contribution in [1.82, 2.24) is 0 Å². The van der Waals surface area contributed by atoms with Crippen LogP contribution in [0, 0.1) is 0 Å². The molecule has 0 saturated carbocycles. The van der Waals surface area contributed by atoms with Crippen LogP contribution in [0.5, 0.6) is 17.2 Å². The molecule has 138 valence electrons. The van der Waals surface area contributed by atoms with Crippen molar-refractivity contribution < 1.29 is 19.0 Å². The monoisotopic (exact) mass is 354 g/mol. The maximum atomic E-state index is 12.0. The summed E-state index contributed by atoms with van der Waals surface area (Å²) in [5.74, 6) is 2.37. The van der Waals surface area contributed by atoms with E-state index in [1.807, 2.05) is 48.5 Å². The van der Waals surface area contributed by atoms with Crippen LogP contribution in [-0.2, 0) is 17.6 Å². The van der Waals surface area contributed by atoms with E-state index in [1.165, 1.54) is 5.56 Å². The van der Waals surface area contributed by atoms with Crippen LogP contribution in [0.1, 0.15) is 24.0 Å². The second kappa shape index (κ2) is 10.3. The minimum atomic E-state index is 0.134. The molecule has 0 radical (unpaired) electrons. The number of hydrogen-bond donors (Lipinski definition) is 0. The molecule has 0 aliphatic rings. The Bertz CT molecular complexity index is 732. The van der Waals surface area contributed by atoms with E-state index in [0.717, 1.165) is 24.2 Å². The first-order valence-corrected chi connectivity index (χ1v) is 8.69. The van der Waals surface area contributed by atoms with Gasteiger partial charge < -0.3 is 14.2 Å². The number of rotatable bonds is 10. The Morgan fingerprint density at radius 2 is 1.54 bits per heavy atom. The molecule has 0 saturated heterocycles. The van der Waals surface area contributed by atoms with Crippen LogP contribution in [-0.4, -0.2) is 27.1 Å². The highest BCUT2D eigenvalue weighted by Crippen LogP contribution is 2.28. The van der Waals surface area contributed by atoms with Gasteiger partial charge in [0.05, 0.1) is 21.3 Å². The molecule has 2 aromatic rings. The van der Waals surface area contributed by atoms with Gasteiger partial charge in [-0.3, -0.25) is 4.79 Å². The molecule has 26 heavy (non-hydrogen) atoms. The molecule has 0 aromatic heterocycles. The highest BCUT2D eigenvalue weighted by molar-refractivity contribution is 5.89. The van der Waals surface area contributed by atoms with Gasteiger partial charge in [0.1, 0.15) is 5.75 Å². The van der Waals surface area contributed by atoms with Crippen molar-refractivity contribution in [2.75, 3.05) is 21.3 Å². The fourth-order valence-corrected chi connectivity index (χ4v) is 2.64. The lowest BCUT2D eigenvalue weighted by molar-refractivity contribution is -0.114. The molecule has 0 fully saturated rings. The van der Waals surface area contributed by atoms with Gasteiger partial charge in [0.2, 0.25) is 0 Å². The molecule has 0 aliphatic carbocycles. The third-order valence-corrected chi connectivity index (χ3v) is 4.17. The molecule has 4 nitrogen and oxygen atoms in total. The Balaban J connectivity index is 1.76. The van der Waals surface area contributed by atoms with Gasteiger partial charge in [-0.2, -0.15) is 0 Å². The zero-order chi connectivity index (χ0) is 18.8. The summed E-state index contributed by atoms with van der Waals surface area (Å²) >= 11 is 0. The number of carbonyl (C=O) groups is 1. The molecular weight excluding hydrogens is 328 g/mol. The predicted molar refractivity (Wildman–Crippen MR) is 103 cm³/mol. The van der Waals surface area contributed by atoms with Gasteiger partial charge in [-0.15, -0.1) is 0 Å². The van der Waals surface area contributed by atoms with Crippen molar-refractivity contribution in [2.24, 2.45) is 0 Å². The third kappa shape index (κ3) is 5.96. The Labute approximate surface area is 155 Å². The summed E-state index contributed by atoms with van der Waals surface area (Å²) in [7, 11) is 4.88. The predicted octanol–water partition coefficient (Wildman–Crippen LogP) is 4.40. The highest BCUT2D eigenvalue weighted by Gasteiger charge is 2.05. The molecule has 0 amide bonds. The molecule has 2 rings (SSSR count). The Morgan fingerprint density at radius 3 is 2.19 bits per heavy atom. The quantitative estimate of drug-likeness (QED) is 0.593. The first-order valence-electron chi connectivity index (χ1n) is 8.69. The average Bonchev–Trinajstić information content (AvgIpc) is 2.69. The van der Waals surface area contributed by atoms with Crippen molar-refractivity contribution in [2.45, 2.75) is 25.7 Å². The molecule has 0 atom stereocenters. The second-order valence-electron chi connectivity index (χ2n) is 5.94. The first-order chi connectivity index (χ1) is 12.7. The molecule has 0 N–H and O–H groups in total. The number of benzene rings is 2. The molecule has 0 unspecified atom stereocenters. The van der Waals surface area contributed by atoms with E-state index < -0.39 is 0 Å². The summed E-state index contributed by atoms with van der Waals surface area (Å²) in [4.78, 5) is 12.0. The Kier molecular flexibility index (Phi) is 7.75. The Morgan fingerprint density at radius 1 is 0.846 bits per heavy atom. The number of ether oxygens (including phenoxy) is 3. The van der Waals surface area contributed by atoms with Gasteiger partial charge in [0.25, 0.3) is 0 Å². The van der Waals surface area contributed by atoms with Gasteiger partial charge in [-0.1, -0.05) is 24.3 Å². The van der Waals surface area contributed by atoms with Crippen molar-refractivity contribution in [3.63, 3.8) is 0 Å². The third-order valence-electron chi connectivity index (χ3n) is 4.17. The van der Waals surface area contributed by atoms with Gasteiger partial charge in [-0.05, 0) is 60.7 Å². The SMILES string of the molecule is COc1ccc(CCC=CC(=O)CCc2ccc(OC)c(OC)c2)cc1. The van der Waals surface area contributed by atoms with Gasteiger partial charge in [0, 0.05) is 6.42 Å². The zero-order valence-corrected chi connectivity index (χ0v) is 15.7. The van der Waals surface area contributed by atoms with Crippen LogP contribution in [0.4, 0.5) is 0 Å². The van der Waals surface area contributed by atoms with Gasteiger partial charge in [0.15, 0.2) is 17.3 Å². The van der Waals surface area contributed by atoms with Crippen LogP contribution >= 0.6 is 0 Å². The van der Waals surface area contributed by atoms with E-state index in [0.29, 0.717) is 24.3 Å². The van der Waals surface area contributed by atoms with E-state index in [9.17, 15) is 4.79 Å². The van der Waals surface area contributed by atoms with Crippen LogP contribution in [0.3, 0.4) is 0 Å². The summed E-state index contributed by atoms with van der Waals surface area (Å²) in [6.07, 6.45) is 6.54. The van der Waals surface area contributed by atoms with Crippen molar-refractivity contribution in [3.05, 3.63) is 65.7 Å². The summed E-state index contributed by atoms with van der Waals surface area (Å²) in [6, 6.07) is 13.7. The fraction of sp³-hybridized carbons (Fsp3) is 0.318. The van der Waals surface area contributed by atoms with Crippen molar-refractivity contribution in [1.29, 1.82) is 0 Å². The van der Waals surface area contributed by atoms with Gasteiger partial charge in [-0.25, -0.2) is 0 Å². The van der Waals surface area contributed by atoms with Gasteiger partial charge >= 0.3 is 0 Å². The molecule has 4 heteroatoms. The summed E-state index contributed by atoms with van der Waals surface area (Å²) in [6.45, 7) is 0. The standard InChI is InChI=1S/C22H26O4/c1-24-20-13-9-17(10-14-20)6-4-5-7-19(23)12-8-18-11-15-21(25-2)22(16-18)26-3/h5,7,9-11,13-16H,4,6,8,12H2,1-3H3. The molecule has 0 bridgehead atoms. The summed E-state index contributed by atoms with van der Waals surface area (Å²) in [5.41, 5.74) is 2.29. The lowest BCUT2D eigenvalue weighted by Crippen LogP contribution is -1.98. The molecule has 0 spiro atoms. The number of ketones is 1. The van der Waals surface area contributed by atoms with E-state index in [4.69, 9.17) is 14.2 Å². The molecule has 0 aliphatic heterocycles. The number of hydrogen-bond acceptors (Lipinski definition) is 4. The highest BCUT2D eigenvalue weighted by atomic mass is 16.5. The number of allylic oxidation sites excluding steroid dienone is 2. The van der Waals surface area contributed by atoms with Crippen molar-refractivity contribution >= 4 is 5.78 Å². The van der Waals surface area contributed by atoms with Crippen LogP contribution in [0.15, 0.2) is 54.6 Å². The summed E-state index contributed by atoms with van der Waals surface area (Å²) < 4.78 is 15.7. The first kappa shape index (κ1) is 19.6. The summed E-state index contributed by atoms with van der Waals surface area (Å²) in [5, 5.41) is 0. The van der Waals surface area contributed by atoms with E-state index in [1.54, 1.807) is 27.4 Å². The fourth-order valence-electron chi connectivity index (χ4n) is 2.64. The average molecular weight is 354 g/mol.